The number of nitrogens with zero attached hydrogens (tertiary/aromatic N) is 2. The second-order valence-electron chi connectivity index (χ2n) is 6.33. The van der Waals surface area contributed by atoms with Gasteiger partial charge >= 0.3 is 0 Å². The molecule has 1 aromatic heterocycles. The lowest BCUT2D eigenvalue weighted by Gasteiger charge is -2.36. The van der Waals surface area contributed by atoms with E-state index in [2.05, 4.69) is 16.6 Å². The molecule has 122 valence electrons. The maximum absolute atomic E-state index is 6.23. The fourth-order valence-electron chi connectivity index (χ4n) is 3.62. The molecule has 3 rings (SSSR count). The van der Waals surface area contributed by atoms with Gasteiger partial charge in [-0.15, -0.1) is 6.58 Å². The third-order valence-electron chi connectivity index (χ3n) is 4.83. The Hall–Kier alpha value is -1.17. The molecule has 22 heavy (non-hydrogen) atoms. The summed E-state index contributed by atoms with van der Waals surface area (Å²) in [6.45, 7) is 11.0. The van der Waals surface area contributed by atoms with E-state index in [9.17, 15) is 0 Å². The van der Waals surface area contributed by atoms with Crippen LogP contribution in [0.2, 0.25) is 0 Å². The van der Waals surface area contributed by atoms with Crippen molar-refractivity contribution in [3.8, 4) is 0 Å². The molecule has 0 amide bonds. The third-order valence-corrected chi connectivity index (χ3v) is 4.83. The van der Waals surface area contributed by atoms with Crippen LogP contribution in [0.1, 0.15) is 36.3 Å². The van der Waals surface area contributed by atoms with Crippen LogP contribution in [0.15, 0.2) is 17.2 Å². The van der Waals surface area contributed by atoms with Gasteiger partial charge in [-0.1, -0.05) is 11.2 Å². The fraction of sp³-hybridized carbons (Fsp3) is 0.706. The molecule has 0 bridgehead atoms. The molecular formula is C17H26N2O3. The van der Waals surface area contributed by atoms with Crippen LogP contribution in [-0.4, -0.2) is 48.1 Å². The molecule has 0 aliphatic carbocycles. The largest absolute Gasteiger partial charge is 0.375 e. The van der Waals surface area contributed by atoms with E-state index in [0.717, 1.165) is 37.4 Å². The summed E-state index contributed by atoms with van der Waals surface area (Å²) in [5.74, 6) is 0.938. The summed E-state index contributed by atoms with van der Waals surface area (Å²) >= 11 is 0. The van der Waals surface area contributed by atoms with Crippen LogP contribution in [0.3, 0.4) is 0 Å². The van der Waals surface area contributed by atoms with Crippen LogP contribution >= 0.6 is 0 Å². The summed E-state index contributed by atoms with van der Waals surface area (Å²) in [6.07, 6.45) is 5.71. The van der Waals surface area contributed by atoms with E-state index in [1.807, 2.05) is 13.8 Å². The Morgan fingerprint density at radius 3 is 2.95 bits per heavy atom. The van der Waals surface area contributed by atoms with Crippen LogP contribution < -0.4 is 0 Å². The molecule has 2 aliphatic rings. The molecule has 0 N–H and O–H groups in total. The summed E-state index contributed by atoms with van der Waals surface area (Å²) < 4.78 is 17.0. The van der Waals surface area contributed by atoms with Gasteiger partial charge in [0.1, 0.15) is 5.76 Å². The van der Waals surface area contributed by atoms with Gasteiger partial charge in [0.15, 0.2) is 0 Å². The Bertz CT molecular complexity index is 495. The van der Waals surface area contributed by atoms with Crippen molar-refractivity contribution in [1.82, 2.24) is 10.1 Å². The van der Waals surface area contributed by atoms with Gasteiger partial charge in [0, 0.05) is 24.7 Å². The van der Waals surface area contributed by atoms with Gasteiger partial charge in [0.05, 0.1) is 31.1 Å². The standard InChI is InChI=1S/C17H26N2O3/c1-4-9-20-11-14-5-6-16-17(21-14)7-8-19(16)10-15-12(2)18-22-13(15)3/h4,14,16-17H,1,5-11H2,2-3H3/t14-,16+,17+/m1/s1. The highest BCUT2D eigenvalue weighted by Gasteiger charge is 2.40. The minimum atomic E-state index is 0.236. The number of hydrogen-bond donors (Lipinski definition) is 0. The van der Waals surface area contributed by atoms with E-state index in [1.54, 1.807) is 6.08 Å². The molecule has 2 saturated heterocycles. The lowest BCUT2D eigenvalue weighted by molar-refractivity contribution is -0.0971. The highest BCUT2D eigenvalue weighted by atomic mass is 16.5. The lowest BCUT2D eigenvalue weighted by Crippen LogP contribution is -2.43. The molecule has 2 aliphatic heterocycles. The average Bonchev–Trinajstić information content (AvgIpc) is 3.06. The molecule has 2 fully saturated rings. The Kier molecular flexibility index (Phi) is 4.96. The van der Waals surface area contributed by atoms with Gasteiger partial charge in [-0.3, -0.25) is 4.90 Å². The number of fused-ring (bicyclic) bond motifs is 1. The van der Waals surface area contributed by atoms with E-state index >= 15 is 0 Å². The number of likely N-dealkylation sites (tertiary alicyclic amines) is 1. The number of rotatable bonds is 6. The molecule has 0 spiro atoms. The molecule has 0 radical (unpaired) electrons. The van der Waals surface area contributed by atoms with Crippen LogP contribution in [0.25, 0.3) is 0 Å². The van der Waals surface area contributed by atoms with E-state index in [-0.39, 0.29) is 6.10 Å². The minimum absolute atomic E-state index is 0.236. The topological polar surface area (TPSA) is 47.7 Å². The fourth-order valence-corrected chi connectivity index (χ4v) is 3.62. The first-order valence-electron chi connectivity index (χ1n) is 8.19. The zero-order valence-electron chi connectivity index (χ0n) is 13.6. The van der Waals surface area contributed by atoms with Crippen LogP contribution in [-0.2, 0) is 16.0 Å². The van der Waals surface area contributed by atoms with Crippen LogP contribution in [0.5, 0.6) is 0 Å². The van der Waals surface area contributed by atoms with Crippen molar-refractivity contribution in [2.75, 3.05) is 19.8 Å². The average molecular weight is 306 g/mol. The van der Waals surface area contributed by atoms with Crippen molar-refractivity contribution in [3.05, 3.63) is 29.7 Å². The zero-order valence-corrected chi connectivity index (χ0v) is 13.6. The second kappa shape index (κ2) is 6.94. The van der Waals surface area contributed by atoms with Crippen LogP contribution in [0, 0.1) is 13.8 Å². The van der Waals surface area contributed by atoms with Gasteiger partial charge in [0.2, 0.25) is 0 Å². The van der Waals surface area contributed by atoms with E-state index in [0.29, 0.717) is 25.4 Å². The van der Waals surface area contributed by atoms with Crippen molar-refractivity contribution in [2.24, 2.45) is 0 Å². The van der Waals surface area contributed by atoms with Gasteiger partial charge in [-0.2, -0.15) is 0 Å². The van der Waals surface area contributed by atoms with Crippen molar-refractivity contribution >= 4 is 0 Å². The Morgan fingerprint density at radius 2 is 2.23 bits per heavy atom. The van der Waals surface area contributed by atoms with Gasteiger partial charge < -0.3 is 14.0 Å². The minimum Gasteiger partial charge on any atom is -0.375 e. The van der Waals surface area contributed by atoms with E-state index < -0.39 is 0 Å². The van der Waals surface area contributed by atoms with Gasteiger partial charge in [0.25, 0.3) is 0 Å². The van der Waals surface area contributed by atoms with Crippen molar-refractivity contribution in [2.45, 2.75) is 57.9 Å². The first-order chi connectivity index (χ1) is 10.7. The first kappa shape index (κ1) is 15.7. The summed E-state index contributed by atoms with van der Waals surface area (Å²) in [5, 5.41) is 4.06. The van der Waals surface area contributed by atoms with Crippen molar-refractivity contribution in [1.29, 1.82) is 0 Å². The quantitative estimate of drug-likeness (QED) is 0.597. The summed E-state index contributed by atoms with van der Waals surface area (Å²) in [5.41, 5.74) is 2.24. The Labute approximate surface area is 132 Å². The summed E-state index contributed by atoms with van der Waals surface area (Å²) in [4.78, 5) is 2.53. The van der Waals surface area contributed by atoms with Gasteiger partial charge in [-0.05, 0) is 33.1 Å². The lowest BCUT2D eigenvalue weighted by atomic mass is 9.99. The third kappa shape index (κ3) is 3.26. The highest BCUT2D eigenvalue weighted by molar-refractivity contribution is 5.21. The summed E-state index contributed by atoms with van der Waals surface area (Å²) in [7, 11) is 0. The number of aromatic nitrogens is 1. The van der Waals surface area contributed by atoms with E-state index in [4.69, 9.17) is 14.0 Å². The number of hydrogen-bond acceptors (Lipinski definition) is 5. The molecule has 5 nitrogen and oxygen atoms in total. The van der Waals surface area contributed by atoms with E-state index in [1.165, 1.54) is 12.0 Å². The maximum atomic E-state index is 6.23. The van der Waals surface area contributed by atoms with Crippen molar-refractivity contribution < 1.29 is 14.0 Å². The Balaban J connectivity index is 1.55. The Morgan fingerprint density at radius 1 is 1.36 bits per heavy atom. The zero-order chi connectivity index (χ0) is 15.5. The molecule has 5 heteroatoms. The second-order valence-corrected chi connectivity index (χ2v) is 6.33. The number of aryl methyl sites for hydroxylation is 2. The predicted molar refractivity (Wildman–Crippen MR) is 83.7 cm³/mol. The first-order valence-corrected chi connectivity index (χ1v) is 8.19. The van der Waals surface area contributed by atoms with Gasteiger partial charge in [-0.25, -0.2) is 0 Å². The highest BCUT2D eigenvalue weighted by Crippen LogP contribution is 2.33. The predicted octanol–water partition coefficient (Wildman–Crippen LogP) is 2.62. The molecule has 0 aromatic carbocycles. The molecule has 3 heterocycles. The molecule has 1 aromatic rings. The molecule has 3 atom stereocenters. The monoisotopic (exact) mass is 306 g/mol. The molecule has 0 unspecified atom stereocenters. The summed E-state index contributed by atoms with van der Waals surface area (Å²) in [6, 6.07) is 0.518. The molecular weight excluding hydrogens is 280 g/mol. The van der Waals surface area contributed by atoms with Crippen LogP contribution in [0.4, 0.5) is 0 Å². The molecule has 0 saturated carbocycles. The SMILES string of the molecule is C=CCOC[C@H]1CC[C@H]2[C@H](CCN2Cc2c(C)noc2C)O1. The number of ether oxygens (including phenoxy) is 2. The smallest absolute Gasteiger partial charge is 0.138 e. The maximum Gasteiger partial charge on any atom is 0.138 e. The normalized spacial score (nSPS) is 28.7. The van der Waals surface area contributed by atoms with Crippen molar-refractivity contribution in [3.63, 3.8) is 0 Å².